The Bertz CT molecular complexity index is 1760. The van der Waals surface area contributed by atoms with Crippen LogP contribution in [0.25, 0.3) is 44.0 Å². The van der Waals surface area contributed by atoms with Gasteiger partial charge in [0.1, 0.15) is 5.58 Å². The summed E-state index contributed by atoms with van der Waals surface area (Å²) in [6, 6.07) is 21.2. The summed E-state index contributed by atoms with van der Waals surface area (Å²) in [5, 5.41) is 13.9. The van der Waals surface area contributed by atoms with Gasteiger partial charge in [0.2, 0.25) is 0 Å². The molecule has 1 N–H and O–H groups in total. The standard InChI is InChI=1S/C28H24NO.C9H16O2.Ir/c1-17-7-9-23-24-13-18(2)14-25(28(24)30-26(23)15-17)27-22-10-8-20(19-5-3-4-6-19)16-21(22)11-12-29-27;1-6(2)8(10)5-9(11)7(3)4;/h7-13,15-16,19H,3-6H2,1-2H3;5-7,10H,1-4H3;/q-1;;/b;8-5-;. The molecular weight excluding hydrogens is 699 g/mol. The van der Waals surface area contributed by atoms with Gasteiger partial charge in [-0.25, -0.2) is 0 Å². The molecule has 1 fully saturated rings. The van der Waals surface area contributed by atoms with E-state index in [-0.39, 0.29) is 43.5 Å². The SMILES string of the molecule is CC(C)C(=O)/C=C(\O)C(C)C.Cc1[c-]c(-c2nccc3cc(C4CCCC4)ccc23)c2oc3cc(C)ccc3c2c1.[Ir]. The first-order valence-electron chi connectivity index (χ1n) is 14.8. The van der Waals surface area contributed by atoms with Crippen LogP contribution in [0.4, 0.5) is 0 Å². The molecule has 1 saturated carbocycles. The Labute approximate surface area is 262 Å². The monoisotopic (exact) mass is 739 g/mol. The molecule has 0 saturated heterocycles. The maximum atomic E-state index is 11.0. The Morgan fingerprint density at radius 1 is 0.952 bits per heavy atom. The van der Waals surface area contributed by atoms with Gasteiger partial charge in [0.05, 0.1) is 11.3 Å². The summed E-state index contributed by atoms with van der Waals surface area (Å²) in [6.45, 7) is 11.5. The summed E-state index contributed by atoms with van der Waals surface area (Å²) in [4.78, 5) is 15.8. The molecule has 0 aliphatic heterocycles. The van der Waals surface area contributed by atoms with E-state index < -0.39 is 0 Å². The fourth-order valence-electron chi connectivity index (χ4n) is 5.61. The van der Waals surface area contributed by atoms with E-state index in [1.807, 2.05) is 33.9 Å². The Kier molecular flexibility index (Phi) is 10.1. The number of hydrogen-bond donors (Lipinski definition) is 1. The Hall–Kier alpha value is -3.27. The average molecular weight is 739 g/mol. The molecule has 5 heteroatoms. The number of nitrogens with zero attached hydrogens (tertiary/aromatic N) is 1. The minimum absolute atomic E-state index is 0. The zero-order valence-electron chi connectivity index (χ0n) is 25.4. The van der Waals surface area contributed by atoms with Crippen LogP contribution in [0.3, 0.4) is 0 Å². The minimum Gasteiger partial charge on any atom is -0.512 e. The Morgan fingerprint density at radius 2 is 1.67 bits per heavy atom. The number of carbonyl (C=O) groups is 1. The summed E-state index contributed by atoms with van der Waals surface area (Å²) < 4.78 is 6.36. The number of rotatable bonds is 5. The zero-order valence-corrected chi connectivity index (χ0v) is 27.8. The zero-order chi connectivity index (χ0) is 29.3. The van der Waals surface area contributed by atoms with Gasteiger partial charge in [0, 0.05) is 49.6 Å². The largest absolute Gasteiger partial charge is 0.512 e. The predicted molar refractivity (Wildman–Crippen MR) is 169 cm³/mol. The third kappa shape index (κ3) is 6.69. The molecule has 4 nitrogen and oxygen atoms in total. The van der Waals surface area contributed by atoms with E-state index in [0.29, 0.717) is 5.92 Å². The number of carbonyl (C=O) groups excluding carboxylic acids is 1. The summed E-state index contributed by atoms with van der Waals surface area (Å²) in [6.07, 6.45) is 8.57. The molecule has 1 aliphatic rings. The van der Waals surface area contributed by atoms with Crippen molar-refractivity contribution in [3.05, 3.63) is 89.3 Å². The second-order valence-electron chi connectivity index (χ2n) is 12.1. The van der Waals surface area contributed by atoms with Crippen molar-refractivity contribution in [1.29, 1.82) is 0 Å². The number of ketones is 1. The van der Waals surface area contributed by atoms with Gasteiger partial charge in [0.25, 0.3) is 0 Å². The normalized spacial score (nSPS) is 14.0. The van der Waals surface area contributed by atoms with Crippen LogP contribution in [0, 0.1) is 31.7 Å². The molecule has 1 aliphatic carbocycles. The van der Waals surface area contributed by atoms with Gasteiger partial charge in [-0.3, -0.25) is 4.79 Å². The Balaban J connectivity index is 0.000000292. The number of fused-ring (bicyclic) bond motifs is 4. The van der Waals surface area contributed by atoms with Crippen molar-refractivity contribution < 1.29 is 34.4 Å². The molecule has 2 aromatic heterocycles. The van der Waals surface area contributed by atoms with Crippen molar-refractivity contribution in [3.63, 3.8) is 0 Å². The Morgan fingerprint density at radius 3 is 2.36 bits per heavy atom. The quantitative estimate of drug-likeness (QED) is 0.111. The molecule has 2 heterocycles. The first kappa shape index (κ1) is 31.7. The van der Waals surface area contributed by atoms with E-state index in [4.69, 9.17) is 9.40 Å². The minimum atomic E-state index is -0.0316. The maximum Gasteiger partial charge on any atom is 0.161 e. The number of allylic oxidation sites excluding steroid dienone is 2. The second-order valence-corrected chi connectivity index (χ2v) is 12.1. The van der Waals surface area contributed by atoms with Gasteiger partial charge in [-0.05, 0) is 65.4 Å². The van der Waals surface area contributed by atoms with E-state index >= 15 is 0 Å². The van der Waals surface area contributed by atoms with Crippen LogP contribution in [0.5, 0.6) is 0 Å². The fourth-order valence-corrected chi connectivity index (χ4v) is 5.61. The van der Waals surface area contributed by atoms with Gasteiger partial charge in [-0.2, -0.15) is 0 Å². The molecule has 0 unspecified atom stereocenters. The number of aliphatic hydroxyl groups excluding tert-OH is 1. The van der Waals surface area contributed by atoms with Crippen LogP contribution in [0.1, 0.15) is 76.0 Å². The average Bonchev–Trinajstić information content (AvgIpc) is 3.60. The van der Waals surface area contributed by atoms with Crippen LogP contribution in [-0.2, 0) is 24.9 Å². The number of aliphatic hydroxyl groups is 1. The van der Waals surface area contributed by atoms with E-state index in [1.165, 1.54) is 53.7 Å². The second kappa shape index (κ2) is 13.4. The van der Waals surface area contributed by atoms with Crippen molar-refractivity contribution in [2.75, 3.05) is 0 Å². The molecule has 6 rings (SSSR count). The summed E-state index contributed by atoms with van der Waals surface area (Å²) in [7, 11) is 0. The van der Waals surface area contributed by atoms with Crippen LogP contribution in [0.15, 0.2) is 71.0 Å². The third-order valence-corrected chi connectivity index (χ3v) is 8.10. The van der Waals surface area contributed by atoms with Crippen LogP contribution >= 0.6 is 0 Å². The van der Waals surface area contributed by atoms with Crippen LogP contribution in [-0.4, -0.2) is 15.9 Å². The molecule has 0 bridgehead atoms. The number of hydrogen-bond acceptors (Lipinski definition) is 4. The third-order valence-electron chi connectivity index (χ3n) is 8.10. The van der Waals surface area contributed by atoms with Gasteiger partial charge in [-0.15, -0.1) is 17.7 Å². The molecule has 0 spiro atoms. The van der Waals surface area contributed by atoms with Gasteiger partial charge in [0.15, 0.2) is 5.78 Å². The molecule has 42 heavy (non-hydrogen) atoms. The van der Waals surface area contributed by atoms with E-state index in [1.54, 1.807) is 0 Å². The molecule has 3 aromatic carbocycles. The summed E-state index contributed by atoms with van der Waals surface area (Å²) in [5.41, 5.74) is 7.48. The first-order chi connectivity index (χ1) is 19.6. The molecule has 0 atom stereocenters. The van der Waals surface area contributed by atoms with Crippen molar-refractivity contribution in [1.82, 2.24) is 4.98 Å². The molecule has 0 amide bonds. The fraction of sp³-hybridized carbons (Fsp3) is 0.351. The molecular formula is C37H40IrNO3-. The smallest absolute Gasteiger partial charge is 0.161 e. The summed E-state index contributed by atoms with van der Waals surface area (Å²) >= 11 is 0. The van der Waals surface area contributed by atoms with E-state index in [2.05, 4.69) is 68.4 Å². The number of pyridine rings is 1. The van der Waals surface area contributed by atoms with E-state index in [0.717, 1.165) is 38.8 Å². The van der Waals surface area contributed by atoms with Crippen molar-refractivity contribution in [2.24, 2.45) is 11.8 Å². The van der Waals surface area contributed by atoms with Crippen molar-refractivity contribution in [2.45, 2.75) is 73.1 Å². The molecule has 221 valence electrons. The van der Waals surface area contributed by atoms with Crippen LogP contribution in [0.2, 0.25) is 0 Å². The first-order valence-corrected chi connectivity index (χ1v) is 14.8. The van der Waals surface area contributed by atoms with Gasteiger partial charge < -0.3 is 14.5 Å². The van der Waals surface area contributed by atoms with Crippen molar-refractivity contribution in [3.8, 4) is 11.3 Å². The number of benzene rings is 3. The predicted octanol–water partition coefficient (Wildman–Crippen LogP) is 10.2. The van der Waals surface area contributed by atoms with Crippen molar-refractivity contribution >= 4 is 38.5 Å². The number of aromatic nitrogens is 1. The number of furan rings is 1. The summed E-state index contributed by atoms with van der Waals surface area (Å²) in [5.74, 6) is 0.871. The number of aryl methyl sites for hydroxylation is 2. The van der Waals surface area contributed by atoms with E-state index in [9.17, 15) is 9.90 Å². The van der Waals surface area contributed by atoms with Gasteiger partial charge >= 0.3 is 0 Å². The topological polar surface area (TPSA) is 63.3 Å². The van der Waals surface area contributed by atoms with Gasteiger partial charge in [-0.1, -0.05) is 88.7 Å². The molecule has 1 radical (unpaired) electrons. The maximum absolute atomic E-state index is 11.0. The molecule has 5 aromatic rings. The van der Waals surface area contributed by atoms with Crippen LogP contribution < -0.4 is 0 Å².